The number of nitrogens with two attached hydrogens (primary N) is 1. The Morgan fingerprint density at radius 3 is 1.75 bits per heavy atom. The molecule has 0 atom stereocenters. The van der Waals surface area contributed by atoms with Gasteiger partial charge in [-0.05, 0) is 11.8 Å². The number of amides is 1. The maximum atomic E-state index is 10.7. The molecule has 0 rings (SSSR count). The highest BCUT2D eigenvalue weighted by molar-refractivity contribution is 5.75. The molecule has 0 bridgehead atoms. The van der Waals surface area contributed by atoms with Crippen LogP contribution in [0.4, 0.5) is 0 Å². The minimum Gasteiger partial charge on any atom is -0.389 e. The summed E-state index contributed by atoms with van der Waals surface area (Å²) in [5.41, 5.74) is 4.10. The number of hydrogen-bond acceptors (Lipinski definition) is 2. The molecule has 0 aromatic rings. The first kappa shape index (κ1) is 11.4. The van der Waals surface area contributed by atoms with Crippen molar-refractivity contribution in [1.82, 2.24) is 0 Å². The number of carbonyl (C=O) groups is 1. The molecular formula is C9H19NO2. The molecular weight excluding hydrogens is 154 g/mol. The van der Waals surface area contributed by atoms with Gasteiger partial charge >= 0.3 is 0 Å². The van der Waals surface area contributed by atoms with E-state index in [4.69, 9.17) is 5.73 Å². The van der Waals surface area contributed by atoms with E-state index >= 15 is 0 Å². The second kappa shape index (κ2) is 3.90. The predicted molar refractivity (Wildman–Crippen MR) is 48.4 cm³/mol. The third-order valence-corrected chi connectivity index (χ3v) is 2.46. The fraction of sp³-hybridized carbons (Fsp3) is 0.889. The lowest BCUT2D eigenvalue weighted by Gasteiger charge is -2.35. The van der Waals surface area contributed by atoms with Gasteiger partial charge in [0, 0.05) is 0 Å². The first-order valence-corrected chi connectivity index (χ1v) is 4.31. The molecule has 0 unspecified atom stereocenters. The van der Waals surface area contributed by atoms with E-state index in [2.05, 4.69) is 0 Å². The summed E-state index contributed by atoms with van der Waals surface area (Å²) in [6.07, 6.45) is 0.0440. The van der Waals surface area contributed by atoms with Gasteiger partial charge in [-0.25, -0.2) is 0 Å². The van der Waals surface area contributed by atoms with Gasteiger partial charge in [0.15, 0.2) is 0 Å². The largest absolute Gasteiger partial charge is 0.389 e. The predicted octanol–water partition coefficient (Wildman–Crippen LogP) is 0.905. The number of carbonyl (C=O) groups excluding carboxylic acids is 1. The van der Waals surface area contributed by atoms with E-state index in [-0.39, 0.29) is 18.3 Å². The van der Waals surface area contributed by atoms with Gasteiger partial charge in [-0.3, -0.25) is 4.79 Å². The molecule has 0 aromatic carbocycles. The van der Waals surface area contributed by atoms with Crippen LogP contribution in [0.2, 0.25) is 0 Å². The molecule has 3 N–H and O–H groups in total. The maximum Gasteiger partial charge on any atom is 0.220 e. The molecule has 0 saturated heterocycles. The van der Waals surface area contributed by atoms with Crippen molar-refractivity contribution in [3.63, 3.8) is 0 Å². The number of rotatable bonds is 4. The molecule has 3 heteroatoms. The zero-order valence-electron chi connectivity index (χ0n) is 8.29. The Morgan fingerprint density at radius 1 is 1.33 bits per heavy atom. The van der Waals surface area contributed by atoms with Crippen LogP contribution in [0.25, 0.3) is 0 Å². The van der Waals surface area contributed by atoms with Gasteiger partial charge < -0.3 is 10.8 Å². The van der Waals surface area contributed by atoms with Gasteiger partial charge in [0.2, 0.25) is 5.91 Å². The highest BCUT2D eigenvalue weighted by atomic mass is 16.3. The second-order valence-corrected chi connectivity index (χ2v) is 3.94. The van der Waals surface area contributed by atoms with Crippen molar-refractivity contribution in [1.29, 1.82) is 0 Å². The number of aliphatic hydroxyl groups is 1. The number of hydrogen-bond donors (Lipinski definition) is 2. The number of primary amides is 1. The lowest BCUT2D eigenvalue weighted by Crippen LogP contribution is -2.44. The third kappa shape index (κ3) is 2.48. The van der Waals surface area contributed by atoms with Gasteiger partial charge in [0.25, 0.3) is 0 Å². The average molecular weight is 173 g/mol. The Hall–Kier alpha value is -0.570. The van der Waals surface area contributed by atoms with Crippen LogP contribution in [0.3, 0.4) is 0 Å². The summed E-state index contributed by atoms with van der Waals surface area (Å²) in [6.45, 7) is 7.57. The zero-order chi connectivity index (χ0) is 9.94. The molecule has 1 amide bonds. The molecule has 0 aromatic heterocycles. The fourth-order valence-electron chi connectivity index (χ4n) is 1.35. The van der Waals surface area contributed by atoms with Crippen LogP contribution < -0.4 is 5.73 Å². The Bertz CT molecular complexity index is 156. The van der Waals surface area contributed by atoms with Crippen LogP contribution in [0.1, 0.15) is 34.1 Å². The van der Waals surface area contributed by atoms with Gasteiger partial charge in [0.1, 0.15) is 0 Å². The minimum absolute atomic E-state index is 0.0440. The van der Waals surface area contributed by atoms with Crippen molar-refractivity contribution >= 4 is 5.91 Å². The second-order valence-electron chi connectivity index (χ2n) is 3.94. The molecule has 0 heterocycles. The average Bonchev–Trinajstić information content (AvgIpc) is 1.84. The molecule has 0 aliphatic heterocycles. The summed E-state index contributed by atoms with van der Waals surface area (Å²) in [5.74, 6) is -0.352. The van der Waals surface area contributed by atoms with E-state index in [0.717, 1.165) is 0 Å². The van der Waals surface area contributed by atoms with Crippen molar-refractivity contribution in [2.45, 2.75) is 39.7 Å². The summed E-state index contributed by atoms with van der Waals surface area (Å²) in [4.78, 5) is 10.7. The molecule has 12 heavy (non-hydrogen) atoms. The lowest BCUT2D eigenvalue weighted by atomic mass is 9.78. The van der Waals surface area contributed by atoms with Crippen LogP contribution in [-0.2, 0) is 4.79 Å². The molecule has 0 spiro atoms. The summed E-state index contributed by atoms with van der Waals surface area (Å²) in [7, 11) is 0. The maximum absolute atomic E-state index is 10.7. The Labute approximate surface area is 74.0 Å². The first-order valence-electron chi connectivity index (χ1n) is 4.31. The van der Waals surface area contributed by atoms with E-state index in [1.165, 1.54) is 0 Å². The molecule has 0 saturated carbocycles. The zero-order valence-corrected chi connectivity index (χ0v) is 8.29. The molecule has 0 radical (unpaired) electrons. The van der Waals surface area contributed by atoms with E-state index in [9.17, 15) is 9.90 Å². The van der Waals surface area contributed by atoms with E-state index in [1.807, 2.05) is 27.7 Å². The first-order chi connectivity index (χ1) is 5.30. The Morgan fingerprint density at radius 2 is 1.67 bits per heavy atom. The highest BCUT2D eigenvalue weighted by Gasteiger charge is 2.35. The fourth-order valence-corrected chi connectivity index (χ4v) is 1.35. The van der Waals surface area contributed by atoms with Crippen molar-refractivity contribution in [2.24, 2.45) is 17.6 Å². The molecule has 0 fully saturated rings. The van der Waals surface area contributed by atoms with Crippen LogP contribution >= 0.6 is 0 Å². The van der Waals surface area contributed by atoms with Crippen molar-refractivity contribution in [3.05, 3.63) is 0 Å². The molecule has 3 nitrogen and oxygen atoms in total. The van der Waals surface area contributed by atoms with Crippen molar-refractivity contribution in [2.75, 3.05) is 0 Å². The summed E-state index contributed by atoms with van der Waals surface area (Å²) >= 11 is 0. The Kier molecular flexibility index (Phi) is 3.71. The van der Waals surface area contributed by atoms with Gasteiger partial charge in [-0.2, -0.15) is 0 Å². The summed E-state index contributed by atoms with van der Waals surface area (Å²) in [5, 5.41) is 10.0. The smallest absolute Gasteiger partial charge is 0.220 e. The van der Waals surface area contributed by atoms with Crippen LogP contribution in [0.15, 0.2) is 0 Å². The highest BCUT2D eigenvalue weighted by Crippen LogP contribution is 2.29. The van der Waals surface area contributed by atoms with Crippen LogP contribution in [-0.4, -0.2) is 16.6 Å². The third-order valence-electron chi connectivity index (χ3n) is 2.46. The minimum atomic E-state index is -0.953. The van der Waals surface area contributed by atoms with Crippen LogP contribution in [0.5, 0.6) is 0 Å². The molecule has 0 aliphatic rings. The van der Waals surface area contributed by atoms with Gasteiger partial charge in [0.05, 0.1) is 12.0 Å². The Balaban J connectivity index is 4.51. The SMILES string of the molecule is CC(C)C(O)(CC(N)=O)C(C)C. The lowest BCUT2D eigenvalue weighted by molar-refractivity contribution is -0.128. The van der Waals surface area contributed by atoms with Crippen molar-refractivity contribution in [3.8, 4) is 0 Å². The summed E-state index contributed by atoms with van der Waals surface area (Å²) in [6, 6.07) is 0. The van der Waals surface area contributed by atoms with E-state index in [0.29, 0.717) is 0 Å². The van der Waals surface area contributed by atoms with Crippen LogP contribution in [0, 0.1) is 11.8 Å². The van der Waals surface area contributed by atoms with E-state index < -0.39 is 11.5 Å². The normalized spacial score (nSPS) is 12.6. The standard InChI is InChI=1S/C9H19NO2/c1-6(2)9(12,7(3)4)5-8(10)11/h6-7,12H,5H2,1-4H3,(H2,10,11). The molecule has 0 aliphatic carbocycles. The topological polar surface area (TPSA) is 63.3 Å². The molecule has 72 valence electrons. The van der Waals surface area contributed by atoms with Crippen molar-refractivity contribution < 1.29 is 9.90 Å². The van der Waals surface area contributed by atoms with Gasteiger partial charge in [-0.15, -0.1) is 0 Å². The monoisotopic (exact) mass is 173 g/mol. The quantitative estimate of drug-likeness (QED) is 0.663. The van der Waals surface area contributed by atoms with E-state index in [1.54, 1.807) is 0 Å². The van der Waals surface area contributed by atoms with Gasteiger partial charge in [-0.1, -0.05) is 27.7 Å². The summed E-state index contributed by atoms with van der Waals surface area (Å²) < 4.78 is 0.